The summed E-state index contributed by atoms with van der Waals surface area (Å²) < 4.78 is 5.59. The molecule has 0 saturated carbocycles. The molecule has 0 spiro atoms. The Labute approximate surface area is 117 Å². The molecule has 0 aliphatic rings. The topological polar surface area (TPSA) is 72.6 Å². The van der Waals surface area contributed by atoms with Gasteiger partial charge in [-0.3, -0.25) is 4.79 Å². The van der Waals surface area contributed by atoms with Gasteiger partial charge in [-0.25, -0.2) is 0 Å². The van der Waals surface area contributed by atoms with Gasteiger partial charge in [0.25, 0.3) is 0 Å². The third kappa shape index (κ3) is 3.36. The van der Waals surface area contributed by atoms with Gasteiger partial charge in [0.1, 0.15) is 18.5 Å². The van der Waals surface area contributed by atoms with Gasteiger partial charge in [-0.2, -0.15) is 0 Å². The molecule has 0 fully saturated rings. The van der Waals surface area contributed by atoms with Gasteiger partial charge in [-0.1, -0.05) is 36.4 Å². The third-order valence-corrected chi connectivity index (χ3v) is 3.05. The van der Waals surface area contributed by atoms with E-state index in [2.05, 4.69) is 0 Å². The Balaban J connectivity index is 2.07. The summed E-state index contributed by atoms with van der Waals surface area (Å²) in [6, 6.07) is 14.3. The van der Waals surface area contributed by atoms with Crippen molar-refractivity contribution in [1.29, 1.82) is 0 Å². The number of carbonyl (C=O) groups is 1. The zero-order valence-corrected chi connectivity index (χ0v) is 11.2. The summed E-state index contributed by atoms with van der Waals surface area (Å²) in [5.74, 6) is 0.0507. The second kappa shape index (κ2) is 6.21. The molecule has 0 heterocycles. The molecule has 2 aromatic carbocycles. The number of nitrogens with two attached hydrogens (primary N) is 1. The number of aliphatic hydroxyl groups is 1. The fourth-order valence-electron chi connectivity index (χ4n) is 1.85. The highest BCUT2D eigenvalue weighted by Crippen LogP contribution is 2.21. The van der Waals surface area contributed by atoms with Crippen molar-refractivity contribution in [2.75, 3.05) is 6.61 Å². The van der Waals surface area contributed by atoms with Gasteiger partial charge in [0.05, 0.1) is 0 Å². The molecule has 4 heteroatoms. The maximum atomic E-state index is 11.1. The first-order valence-electron chi connectivity index (χ1n) is 6.34. The molecule has 20 heavy (non-hydrogen) atoms. The summed E-state index contributed by atoms with van der Waals surface area (Å²) in [5.41, 5.74) is 7.30. The fraction of sp³-hybridized carbons (Fsp3) is 0.188. The molecule has 1 atom stereocenters. The number of amides is 1. The van der Waals surface area contributed by atoms with Gasteiger partial charge in [0.2, 0.25) is 5.91 Å². The first kappa shape index (κ1) is 14.1. The number of benzene rings is 2. The van der Waals surface area contributed by atoms with Crippen molar-refractivity contribution >= 4 is 5.91 Å². The average Bonchev–Trinajstić information content (AvgIpc) is 2.46. The fourth-order valence-corrected chi connectivity index (χ4v) is 1.85. The molecule has 0 bridgehead atoms. The molecule has 0 aromatic heterocycles. The number of ether oxygens (including phenoxy) is 1. The molecule has 0 radical (unpaired) electrons. The quantitative estimate of drug-likeness (QED) is 0.875. The molecular formula is C16H17NO3. The van der Waals surface area contributed by atoms with Crippen LogP contribution in [0.2, 0.25) is 0 Å². The molecule has 1 unspecified atom stereocenters. The van der Waals surface area contributed by atoms with E-state index in [1.54, 1.807) is 18.2 Å². The van der Waals surface area contributed by atoms with Crippen LogP contribution in [0.4, 0.5) is 0 Å². The van der Waals surface area contributed by atoms with Crippen LogP contribution in [0.25, 0.3) is 0 Å². The van der Waals surface area contributed by atoms with Crippen molar-refractivity contribution < 1.29 is 14.6 Å². The highest BCUT2D eigenvalue weighted by Gasteiger charge is 2.10. The Kier molecular flexibility index (Phi) is 4.38. The maximum Gasteiger partial charge on any atom is 0.248 e. The highest BCUT2D eigenvalue weighted by atomic mass is 16.5. The average molecular weight is 271 g/mol. The van der Waals surface area contributed by atoms with Crippen LogP contribution in [-0.4, -0.2) is 17.6 Å². The van der Waals surface area contributed by atoms with E-state index >= 15 is 0 Å². The van der Waals surface area contributed by atoms with Crippen molar-refractivity contribution in [2.45, 2.75) is 13.0 Å². The van der Waals surface area contributed by atoms with E-state index in [9.17, 15) is 9.90 Å². The monoisotopic (exact) mass is 271 g/mol. The summed E-state index contributed by atoms with van der Waals surface area (Å²) >= 11 is 0. The van der Waals surface area contributed by atoms with Crippen LogP contribution < -0.4 is 10.5 Å². The summed E-state index contributed by atoms with van der Waals surface area (Å²) in [6.45, 7) is 1.99. The lowest BCUT2D eigenvalue weighted by molar-refractivity contribution is 0.0997. The highest BCUT2D eigenvalue weighted by molar-refractivity contribution is 5.93. The molecule has 2 aromatic rings. The lowest BCUT2D eigenvalue weighted by Crippen LogP contribution is -2.13. The van der Waals surface area contributed by atoms with Crippen LogP contribution in [0, 0.1) is 6.92 Å². The number of rotatable bonds is 5. The Morgan fingerprint density at radius 1 is 1.25 bits per heavy atom. The number of hydrogen-bond donors (Lipinski definition) is 2. The van der Waals surface area contributed by atoms with Crippen LogP contribution >= 0.6 is 0 Å². The second-order valence-electron chi connectivity index (χ2n) is 4.58. The van der Waals surface area contributed by atoms with Gasteiger partial charge in [0, 0.05) is 5.56 Å². The lowest BCUT2D eigenvalue weighted by atomic mass is 10.1. The van der Waals surface area contributed by atoms with Crippen molar-refractivity contribution in [1.82, 2.24) is 0 Å². The van der Waals surface area contributed by atoms with E-state index in [-0.39, 0.29) is 6.61 Å². The zero-order chi connectivity index (χ0) is 14.5. The van der Waals surface area contributed by atoms with Crippen LogP contribution in [0.1, 0.15) is 27.6 Å². The number of primary amides is 1. The van der Waals surface area contributed by atoms with Crippen LogP contribution in [0.3, 0.4) is 0 Å². The van der Waals surface area contributed by atoms with Gasteiger partial charge in [-0.15, -0.1) is 0 Å². The molecule has 0 aliphatic carbocycles. The summed E-state index contributed by atoms with van der Waals surface area (Å²) in [5, 5.41) is 10.0. The predicted molar refractivity (Wildman–Crippen MR) is 76.6 cm³/mol. The van der Waals surface area contributed by atoms with Crippen LogP contribution in [-0.2, 0) is 0 Å². The molecule has 104 valence electrons. The standard InChI is InChI=1S/C16H17NO3/c1-11-7-8-13(16(17)19)9-15(11)20-10-14(18)12-5-3-2-4-6-12/h2-9,14,18H,10H2,1H3,(H2,17,19). The predicted octanol–water partition coefficient (Wildman–Crippen LogP) is 2.21. The minimum atomic E-state index is -0.715. The Hall–Kier alpha value is -2.33. The Morgan fingerprint density at radius 2 is 1.95 bits per heavy atom. The number of carbonyl (C=O) groups excluding carboxylic acids is 1. The van der Waals surface area contributed by atoms with Gasteiger partial charge < -0.3 is 15.6 Å². The maximum absolute atomic E-state index is 11.1. The first-order valence-corrected chi connectivity index (χ1v) is 6.34. The molecule has 3 N–H and O–H groups in total. The van der Waals surface area contributed by atoms with E-state index in [1.165, 1.54) is 0 Å². The first-order chi connectivity index (χ1) is 9.58. The van der Waals surface area contributed by atoms with Gasteiger partial charge >= 0.3 is 0 Å². The van der Waals surface area contributed by atoms with Gasteiger partial charge in [0.15, 0.2) is 0 Å². The normalized spacial score (nSPS) is 11.9. The largest absolute Gasteiger partial charge is 0.490 e. The number of aryl methyl sites for hydroxylation is 1. The van der Waals surface area contributed by atoms with E-state index in [0.717, 1.165) is 11.1 Å². The van der Waals surface area contributed by atoms with E-state index in [0.29, 0.717) is 11.3 Å². The SMILES string of the molecule is Cc1ccc(C(N)=O)cc1OCC(O)c1ccccc1. The molecule has 0 saturated heterocycles. The van der Waals surface area contributed by atoms with Crippen molar-refractivity contribution in [3.63, 3.8) is 0 Å². The van der Waals surface area contributed by atoms with E-state index in [1.807, 2.05) is 37.3 Å². The summed E-state index contributed by atoms with van der Waals surface area (Å²) in [6.07, 6.45) is -0.715. The van der Waals surface area contributed by atoms with E-state index in [4.69, 9.17) is 10.5 Å². The second-order valence-corrected chi connectivity index (χ2v) is 4.58. The lowest BCUT2D eigenvalue weighted by Gasteiger charge is -2.14. The number of hydrogen-bond acceptors (Lipinski definition) is 3. The van der Waals surface area contributed by atoms with Gasteiger partial charge in [-0.05, 0) is 30.2 Å². The minimum absolute atomic E-state index is 0.118. The van der Waals surface area contributed by atoms with Crippen LogP contribution in [0.5, 0.6) is 5.75 Å². The Morgan fingerprint density at radius 3 is 2.60 bits per heavy atom. The molecule has 1 amide bonds. The van der Waals surface area contributed by atoms with Crippen molar-refractivity contribution in [2.24, 2.45) is 5.73 Å². The number of aliphatic hydroxyl groups excluding tert-OH is 1. The molecule has 4 nitrogen and oxygen atoms in total. The van der Waals surface area contributed by atoms with Crippen LogP contribution in [0.15, 0.2) is 48.5 Å². The molecule has 0 aliphatic heterocycles. The zero-order valence-electron chi connectivity index (χ0n) is 11.2. The summed E-state index contributed by atoms with van der Waals surface area (Å²) in [4.78, 5) is 11.1. The Bertz CT molecular complexity index is 596. The molecule has 2 rings (SSSR count). The van der Waals surface area contributed by atoms with Crippen molar-refractivity contribution in [3.05, 3.63) is 65.2 Å². The smallest absolute Gasteiger partial charge is 0.248 e. The molecular weight excluding hydrogens is 254 g/mol. The summed E-state index contributed by atoms with van der Waals surface area (Å²) in [7, 11) is 0. The minimum Gasteiger partial charge on any atom is -0.490 e. The van der Waals surface area contributed by atoms with Crippen molar-refractivity contribution in [3.8, 4) is 5.75 Å². The third-order valence-electron chi connectivity index (χ3n) is 3.05. The van der Waals surface area contributed by atoms with E-state index < -0.39 is 12.0 Å².